The van der Waals surface area contributed by atoms with Crippen LogP contribution in [0.2, 0.25) is 0 Å². The standard InChI is InChI=1S/C24H16FN3O4/c1-31-20-10-14-11-21(32-19(14)12-18(20)25)24(30)26-15-8-6-13(7-9-15)22-16-4-2-3-5-17(16)23(29)28-27-22/h2-12,17H,1H3,(H,26,30). The van der Waals surface area contributed by atoms with Gasteiger partial charge in [0, 0.05) is 22.7 Å². The molecule has 2 aliphatic rings. The number of carbonyl (C=O) groups is 2. The molecule has 2 amide bonds. The number of nitrogens with zero attached hydrogens (tertiary/aromatic N) is 2. The predicted molar refractivity (Wildman–Crippen MR) is 116 cm³/mol. The fourth-order valence-corrected chi connectivity index (χ4v) is 3.64. The number of azo groups is 1. The van der Waals surface area contributed by atoms with E-state index in [4.69, 9.17) is 9.15 Å². The summed E-state index contributed by atoms with van der Waals surface area (Å²) in [5.41, 5.74) is 2.95. The van der Waals surface area contributed by atoms with Crippen LogP contribution in [0.4, 0.5) is 10.1 Å². The SMILES string of the molecule is COc1cc2cc(C(=O)Nc3ccc(C4=C5C=CC=CC5C(=O)N=N4)cc3)oc2cc1F. The van der Waals surface area contributed by atoms with Crippen molar-refractivity contribution in [3.63, 3.8) is 0 Å². The van der Waals surface area contributed by atoms with E-state index in [9.17, 15) is 14.0 Å². The monoisotopic (exact) mass is 429 g/mol. The molecule has 1 aromatic heterocycles. The van der Waals surface area contributed by atoms with Gasteiger partial charge in [0.1, 0.15) is 5.58 Å². The Bertz CT molecular complexity index is 1380. The third-order valence-electron chi connectivity index (χ3n) is 5.24. The number of anilines is 1. The van der Waals surface area contributed by atoms with Crippen molar-refractivity contribution in [3.05, 3.63) is 89.5 Å². The van der Waals surface area contributed by atoms with Crippen LogP contribution in [0, 0.1) is 11.7 Å². The van der Waals surface area contributed by atoms with Crippen LogP contribution in [0.25, 0.3) is 16.7 Å². The maximum atomic E-state index is 13.9. The van der Waals surface area contributed by atoms with E-state index in [2.05, 4.69) is 15.5 Å². The summed E-state index contributed by atoms with van der Waals surface area (Å²) in [6, 6.07) is 11.2. The lowest BCUT2D eigenvalue weighted by atomic mass is 9.89. The Morgan fingerprint density at radius 1 is 1.12 bits per heavy atom. The third-order valence-corrected chi connectivity index (χ3v) is 5.24. The van der Waals surface area contributed by atoms with Crippen LogP contribution in [-0.2, 0) is 4.79 Å². The Hall–Kier alpha value is -4.33. The zero-order chi connectivity index (χ0) is 22.2. The Morgan fingerprint density at radius 2 is 1.94 bits per heavy atom. The average molecular weight is 429 g/mol. The summed E-state index contributed by atoms with van der Waals surface area (Å²) in [5, 5.41) is 11.1. The van der Waals surface area contributed by atoms with Gasteiger partial charge in [0.05, 0.1) is 18.7 Å². The molecule has 1 aliphatic heterocycles. The van der Waals surface area contributed by atoms with Gasteiger partial charge in [0.25, 0.3) is 11.8 Å². The number of halogens is 1. The highest BCUT2D eigenvalue weighted by molar-refractivity contribution is 6.04. The molecule has 7 nitrogen and oxygen atoms in total. The number of furan rings is 1. The molecule has 1 aliphatic carbocycles. The first-order valence-electron chi connectivity index (χ1n) is 9.77. The molecule has 0 saturated carbocycles. The number of amides is 2. The van der Waals surface area contributed by atoms with E-state index in [1.54, 1.807) is 30.3 Å². The van der Waals surface area contributed by atoms with E-state index >= 15 is 0 Å². The van der Waals surface area contributed by atoms with E-state index in [1.165, 1.54) is 25.3 Å². The van der Waals surface area contributed by atoms with Gasteiger partial charge in [-0.3, -0.25) is 9.59 Å². The maximum absolute atomic E-state index is 13.9. The van der Waals surface area contributed by atoms with Gasteiger partial charge in [-0.25, -0.2) is 4.39 Å². The highest BCUT2D eigenvalue weighted by atomic mass is 19.1. The number of methoxy groups -OCH3 is 1. The Kier molecular flexibility index (Phi) is 4.74. The van der Waals surface area contributed by atoms with E-state index in [-0.39, 0.29) is 23.0 Å². The topological polar surface area (TPSA) is 93.3 Å². The number of rotatable bonds is 4. The summed E-state index contributed by atoms with van der Waals surface area (Å²) >= 11 is 0. The number of carbonyl (C=O) groups excluding carboxylic acids is 2. The molecule has 158 valence electrons. The lowest BCUT2D eigenvalue weighted by molar-refractivity contribution is -0.119. The Labute approximate surface area is 181 Å². The van der Waals surface area contributed by atoms with E-state index < -0.39 is 17.6 Å². The minimum absolute atomic E-state index is 0.0447. The molecule has 0 bridgehead atoms. The van der Waals surface area contributed by atoms with Gasteiger partial charge in [0.2, 0.25) is 0 Å². The molecule has 0 spiro atoms. The second-order valence-corrected chi connectivity index (χ2v) is 7.23. The number of nitrogens with one attached hydrogen (secondary N) is 1. The van der Waals surface area contributed by atoms with Gasteiger partial charge in [-0.05, 0) is 29.8 Å². The number of benzene rings is 2. The van der Waals surface area contributed by atoms with Crippen molar-refractivity contribution in [1.82, 2.24) is 0 Å². The second kappa shape index (κ2) is 7.73. The number of hydrogen-bond donors (Lipinski definition) is 1. The van der Waals surface area contributed by atoms with Crippen LogP contribution in [0.5, 0.6) is 5.75 Å². The van der Waals surface area contributed by atoms with Crippen LogP contribution in [0.15, 0.2) is 87.0 Å². The van der Waals surface area contributed by atoms with Crippen molar-refractivity contribution >= 4 is 34.2 Å². The van der Waals surface area contributed by atoms with Crippen molar-refractivity contribution < 1.29 is 23.1 Å². The summed E-state index contributed by atoms with van der Waals surface area (Å²) < 4.78 is 24.3. The molecule has 5 rings (SSSR count). The van der Waals surface area contributed by atoms with Crippen LogP contribution in [-0.4, -0.2) is 18.9 Å². The number of ether oxygens (including phenoxy) is 1. The minimum atomic E-state index is -0.570. The van der Waals surface area contributed by atoms with Gasteiger partial charge in [-0.2, -0.15) is 0 Å². The largest absolute Gasteiger partial charge is 0.494 e. The first-order chi connectivity index (χ1) is 15.5. The second-order valence-electron chi connectivity index (χ2n) is 7.23. The number of allylic oxidation sites excluding steroid dienone is 3. The fourth-order valence-electron chi connectivity index (χ4n) is 3.64. The third kappa shape index (κ3) is 3.41. The average Bonchev–Trinajstić information content (AvgIpc) is 3.22. The minimum Gasteiger partial charge on any atom is -0.494 e. The first-order valence-corrected chi connectivity index (χ1v) is 9.77. The van der Waals surface area contributed by atoms with Crippen molar-refractivity contribution in [1.29, 1.82) is 0 Å². The van der Waals surface area contributed by atoms with Gasteiger partial charge >= 0.3 is 0 Å². The normalized spacial score (nSPS) is 17.1. The van der Waals surface area contributed by atoms with E-state index in [1.807, 2.05) is 18.2 Å². The summed E-state index contributed by atoms with van der Waals surface area (Å²) in [5.74, 6) is -1.65. The van der Waals surface area contributed by atoms with Crippen molar-refractivity contribution in [2.45, 2.75) is 0 Å². The molecule has 3 aromatic rings. The molecular formula is C24H16FN3O4. The van der Waals surface area contributed by atoms with E-state index in [0.29, 0.717) is 16.8 Å². The smallest absolute Gasteiger partial charge is 0.291 e. The molecule has 1 atom stereocenters. The van der Waals surface area contributed by atoms with Crippen LogP contribution >= 0.6 is 0 Å². The first kappa shape index (κ1) is 19.6. The number of fused-ring (bicyclic) bond motifs is 2. The summed E-state index contributed by atoms with van der Waals surface area (Å²) in [6.07, 6.45) is 7.30. The molecule has 32 heavy (non-hydrogen) atoms. The van der Waals surface area contributed by atoms with E-state index in [0.717, 1.165) is 11.1 Å². The van der Waals surface area contributed by atoms with Crippen LogP contribution in [0.1, 0.15) is 16.1 Å². The molecule has 1 N–H and O–H groups in total. The van der Waals surface area contributed by atoms with Crippen LogP contribution < -0.4 is 10.1 Å². The predicted octanol–water partition coefficient (Wildman–Crippen LogP) is 5.28. The van der Waals surface area contributed by atoms with Crippen LogP contribution in [0.3, 0.4) is 0 Å². The zero-order valence-corrected chi connectivity index (χ0v) is 16.8. The molecule has 0 fully saturated rings. The summed E-state index contributed by atoms with van der Waals surface area (Å²) in [7, 11) is 1.37. The van der Waals surface area contributed by atoms with Crippen molar-refractivity contribution in [2.75, 3.05) is 12.4 Å². The number of hydrogen-bond acceptors (Lipinski definition) is 5. The Balaban J connectivity index is 1.37. The highest BCUT2D eigenvalue weighted by Gasteiger charge is 2.27. The molecule has 0 saturated heterocycles. The maximum Gasteiger partial charge on any atom is 0.291 e. The van der Waals surface area contributed by atoms with Crippen molar-refractivity contribution in [3.8, 4) is 5.75 Å². The lowest BCUT2D eigenvalue weighted by Crippen LogP contribution is -2.17. The van der Waals surface area contributed by atoms with Crippen molar-refractivity contribution in [2.24, 2.45) is 16.1 Å². The summed E-state index contributed by atoms with van der Waals surface area (Å²) in [6.45, 7) is 0. The molecule has 2 aromatic carbocycles. The van der Waals surface area contributed by atoms with Gasteiger partial charge in [-0.15, -0.1) is 10.2 Å². The van der Waals surface area contributed by atoms with Gasteiger partial charge < -0.3 is 14.5 Å². The lowest BCUT2D eigenvalue weighted by Gasteiger charge is -2.19. The Morgan fingerprint density at radius 3 is 2.72 bits per heavy atom. The summed E-state index contributed by atoms with van der Waals surface area (Å²) in [4.78, 5) is 24.6. The highest BCUT2D eigenvalue weighted by Crippen LogP contribution is 2.34. The quantitative estimate of drug-likeness (QED) is 0.611. The molecule has 2 heterocycles. The van der Waals surface area contributed by atoms with Gasteiger partial charge in [-0.1, -0.05) is 36.4 Å². The van der Waals surface area contributed by atoms with Gasteiger partial charge in [0.15, 0.2) is 17.3 Å². The molecule has 1 unspecified atom stereocenters. The fraction of sp³-hybridized carbons (Fsp3) is 0.0833. The molecule has 8 heteroatoms. The zero-order valence-electron chi connectivity index (χ0n) is 16.8. The molecule has 0 radical (unpaired) electrons. The molecular weight excluding hydrogens is 413 g/mol.